The quantitative estimate of drug-likeness (QED) is 0.470. The lowest BCUT2D eigenvalue weighted by Crippen LogP contribution is -2.32. The first kappa shape index (κ1) is 13.3. The molecule has 4 heterocycles. The number of thiophene rings is 1. The summed E-state index contributed by atoms with van der Waals surface area (Å²) < 4.78 is 6.85. The van der Waals surface area contributed by atoms with Gasteiger partial charge in [0.15, 0.2) is 0 Å². The maximum absolute atomic E-state index is 5.89. The number of hydrogen-bond donors (Lipinski definition) is 0. The summed E-state index contributed by atoms with van der Waals surface area (Å²) in [5.41, 5.74) is 3.06. The van der Waals surface area contributed by atoms with Gasteiger partial charge in [0.1, 0.15) is 10.7 Å². The van der Waals surface area contributed by atoms with E-state index in [-0.39, 0.29) is 5.60 Å². The molecule has 0 N–H and O–H groups in total. The Morgan fingerprint density at radius 2 is 2.10 bits per heavy atom. The Kier molecular flexibility index (Phi) is 2.73. The van der Waals surface area contributed by atoms with Gasteiger partial charge in [0.25, 0.3) is 0 Å². The lowest BCUT2D eigenvalue weighted by molar-refractivity contribution is -0.0411. The van der Waals surface area contributed by atoms with Gasteiger partial charge >= 0.3 is 0 Å². The van der Waals surface area contributed by atoms with E-state index in [9.17, 15) is 0 Å². The minimum absolute atomic E-state index is 0.149. The zero-order chi connectivity index (χ0) is 14.8. The fraction of sp³-hybridized carbons (Fsp3) is 0.400. The van der Waals surface area contributed by atoms with Gasteiger partial charge in [-0.2, -0.15) is 0 Å². The molecule has 0 unspecified atom stereocenters. The van der Waals surface area contributed by atoms with E-state index < -0.39 is 0 Å². The highest BCUT2D eigenvalue weighted by atomic mass is 32.1. The van der Waals surface area contributed by atoms with Gasteiger partial charge in [0, 0.05) is 17.4 Å². The molecule has 21 heavy (non-hydrogen) atoms. The molecular weight excluding hydrogens is 302 g/mol. The van der Waals surface area contributed by atoms with E-state index in [2.05, 4.69) is 29.9 Å². The summed E-state index contributed by atoms with van der Waals surface area (Å²) in [5.74, 6) is 0.710. The van der Waals surface area contributed by atoms with Crippen LogP contribution in [0.4, 0.5) is 0 Å². The lowest BCUT2D eigenvalue weighted by atomic mass is 9.95. The second-order valence-corrected chi connectivity index (χ2v) is 7.41. The fourth-order valence-corrected chi connectivity index (χ4v) is 4.09. The molecule has 3 aromatic heterocycles. The highest BCUT2D eigenvalue weighted by Crippen LogP contribution is 2.36. The van der Waals surface area contributed by atoms with E-state index in [1.807, 2.05) is 6.92 Å². The van der Waals surface area contributed by atoms with Gasteiger partial charge in [-0.05, 0) is 26.8 Å². The smallest absolute Gasteiger partial charge is 0.126 e. The average molecular weight is 316 g/mol. The van der Waals surface area contributed by atoms with Crippen molar-refractivity contribution in [2.75, 3.05) is 0 Å². The average Bonchev–Trinajstić information content (AvgIpc) is 2.73. The zero-order valence-corrected chi connectivity index (χ0v) is 13.7. The molecule has 0 fully saturated rings. The summed E-state index contributed by atoms with van der Waals surface area (Å²) in [6.45, 7) is 6.68. The van der Waals surface area contributed by atoms with E-state index >= 15 is 0 Å². The van der Waals surface area contributed by atoms with Crippen molar-refractivity contribution < 1.29 is 4.74 Å². The van der Waals surface area contributed by atoms with E-state index in [0.29, 0.717) is 17.5 Å². The van der Waals surface area contributed by atoms with Crippen LogP contribution in [0.3, 0.4) is 0 Å². The number of pyridine rings is 1. The second-order valence-electron chi connectivity index (χ2n) is 6.03. The van der Waals surface area contributed by atoms with Crippen LogP contribution in [0.2, 0.25) is 0 Å². The highest BCUT2D eigenvalue weighted by molar-refractivity contribution is 7.59. The molecule has 0 atom stereocenters. The van der Waals surface area contributed by atoms with Gasteiger partial charge in [0.2, 0.25) is 0 Å². The third-order valence-electron chi connectivity index (χ3n) is 3.77. The molecule has 0 saturated carbocycles. The Balaban J connectivity index is 2.02. The van der Waals surface area contributed by atoms with Crippen molar-refractivity contribution in [1.29, 1.82) is 0 Å². The van der Waals surface area contributed by atoms with Crippen molar-refractivity contribution in [3.8, 4) is 0 Å². The Morgan fingerprint density at radius 1 is 1.29 bits per heavy atom. The summed E-state index contributed by atoms with van der Waals surface area (Å²) in [6, 6.07) is 2.16. The number of aryl methyl sites for hydroxylation is 1. The van der Waals surface area contributed by atoms with Crippen molar-refractivity contribution in [3.05, 3.63) is 23.1 Å². The second kappa shape index (κ2) is 4.32. The minimum Gasteiger partial charge on any atom is -0.759 e. The number of fused-ring (bicyclic) bond motifs is 4. The van der Waals surface area contributed by atoms with Crippen LogP contribution in [0, 0.1) is 6.92 Å². The van der Waals surface area contributed by atoms with Crippen molar-refractivity contribution in [1.82, 2.24) is 15.0 Å². The molecule has 1 aliphatic rings. The van der Waals surface area contributed by atoms with E-state index in [1.165, 1.54) is 0 Å². The summed E-state index contributed by atoms with van der Waals surface area (Å²) in [6.07, 6.45) is 0.831. The normalized spacial score (nSPS) is 17.3. The van der Waals surface area contributed by atoms with Crippen LogP contribution in [0.15, 0.2) is 11.1 Å². The molecule has 4 rings (SSSR count). The largest absolute Gasteiger partial charge is 0.759 e. The maximum Gasteiger partial charge on any atom is 0.126 e. The van der Waals surface area contributed by atoms with Crippen molar-refractivity contribution in [3.63, 3.8) is 0 Å². The molecule has 1 aliphatic heterocycles. The first-order chi connectivity index (χ1) is 9.93. The van der Waals surface area contributed by atoms with Gasteiger partial charge in [-0.15, -0.1) is 11.3 Å². The summed E-state index contributed by atoms with van der Waals surface area (Å²) in [4.78, 5) is 14.7. The van der Waals surface area contributed by atoms with Crippen LogP contribution in [0.5, 0.6) is 0 Å². The third-order valence-corrected chi connectivity index (χ3v) is 5.29. The molecule has 108 valence electrons. The molecule has 0 aliphatic carbocycles. The van der Waals surface area contributed by atoms with Crippen LogP contribution in [-0.4, -0.2) is 20.6 Å². The van der Waals surface area contributed by atoms with Crippen molar-refractivity contribution in [2.24, 2.45) is 0 Å². The standard InChI is InChI=1S/C15H15N3OS2/c1-7-16-11-9-4-8-6-19-15(2,3)5-10(8)18-14(9)21-12(11)13(20)17-7/h4H,5-6H2,1-3H3,(H,16,17,20)/p-1. The Hall–Kier alpha value is -1.37. The third kappa shape index (κ3) is 2.09. The SMILES string of the molecule is Cc1nc([S-])c2sc3nc4c(cc3c2n1)COC(C)(C)C4. The molecule has 3 aromatic rings. The summed E-state index contributed by atoms with van der Waals surface area (Å²) in [5, 5.41) is 1.68. The molecule has 0 saturated heterocycles. The lowest BCUT2D eigenvalue weighted by Gasteiger charge is -2.30. The predicted octanol–water partition coefficient (Wildman–Crippen LogP) is 3.31. The van der Waals surface area contributed by atoms with Crippen molar-refractivity contribution >= 4 is 44.4 Å². The molecule has 6 heteroatoms. The van der Waals surface area contributed by atoms with E-state index in [1.54, 1.807) is 11.3 Å². The number of rotatable bonds is 0. The van der Waals surface area contributed by atoms with Gasteiger partial charge in [0.05, 0.1) is 28.1 Å². The van der Waals surface area contributed by atoms with Crippen LogP contribution in [0.25, 0.3) is 20.4 Å². The Bertz CT molecular complexity index is 886. The minimum atomic E-state index is -0.149. The van der Waals surface area contributed by atoms with Gasteiger partial charge in [-0.1, -0.05) is 5.03 Å². The van der Waals surface area contributed by atoms with Gasteiger partial charge in [-0.25, -0.2) is 9.97 Å². The zero-order valence-electron chi connectivity index (χ0n) is 12.1. The monoisotopic (exact) mass is 316 g/mol. The Morgan fingerprint density at radius 3 is 2.90 bits per heavy atom. The number of hydrogen-bond acceptors (Lipinski definition) is 6. The van der Waals surface area contributed by atoms with Gasteiger partial charge in [-0.3, -0.25) is 4.98 Å². The molecule has 0 amide bonds. The molecule has 4 nitrogen and oxygen atoms in total. The number of nitrogens with zero attached hydrogens (tertiary/aromatic N) is 3. The molecule has 0 spiro atoms. The van der Waals surface area contributed by atoms with Gasteiger partial charge < -0.3 is 17.4 Å². The van der Waals surface area contributed by atoms with Crippen molar-refractivity contribution in [2.45, 2.75) is 44.4 Å². The number of aromatic nitrogens is 3. The first-order valence-electron chi connectivity index (χ1n) is 6.83. The summed E-state index contributed by atoms with van der Waals surface area (Å²) in [7, 11) is 0. The number of ether oxygens (including phenoxy) is 1. The topological polar surface area (TPSA) is 47.9 Å². The van der Waals surface area contributed by atoms with Crippen LogP contribution in [0.1, 0.15) is 30.9 Å². The van der Waals surface area contributed by atoms with Crippen LogP contribution < -0.4 is 0 Å². The van der Waals surface area contributed by atoms with E-state index in [0.717, 1.165) is 38.1 Å². The fourth-order valence-electron chi connectivity index (χ4n) is 2.73. The summed E-state index contributed by atoms with van der Waals surface area (Å²) >= 11 is 6.95. The molecule has 0 aromatic carbocycles. The Labute approximate surface area is 132 Å². The van der Waals surface area contributed by atoms with E-state index in [4.69, 9.17) is 22.3 Å². The van der Waals surface area contributed by atoms with Crippen LogP contribution >= 0.6 is 11.3 Å². The first-order valence-corrected chi connectivity index (χ1v) is 8.06. The highest BCUT2D eigenvalue weighted by Gasteiger charge is 2.28. The molecule has 0 radical (unpaired) electrons. The predicted molar refractivity (Wildman–Crippen MR) is 85.7 cm³/mol. The maximum atomic E-state index is 5.89. The van der Waals surface area contributed by atoms with Crippen LogP contribution in [-0.2, 0) is 30.4 Å². The molecular formula is C15H14N3OS2-. The molecule has 0 bridgehead atoms.